The number of aryl methyl sites for hydroxylation is 2. The number of ketones is 1. The molecule has 0 aliphatic carbocycles. The Bertz CT molecular complexity index is 397. The van der Waals surface area contributed by atoms with Gasteiger partial charge in [-0.3, -0.25) is 9.48 Å². The van der Waals surface area contributed by atoms with Crippen molar-refractivity contribution in [1.29, 1.82) is 0 Å². The first-order valence-corrected chi connectivity index (χ1v) is 5.76. The lowest BCUT2D eigenvalue weighted by atomic mass is 9.87. The number of nitrogens with zero attached hydrogens (tertiary/aromatic N) is 2. The van der Waals surface area contributed by atoms with Crippen LogP contribution in [0.3, 0.4) is 0 Å². The largest absolute Gasteiger partial charge is 0.299 e. The topological polar surface area (TPSA) is 34.9 Å². The van der Waals surface area contributed by atoms with Gasteiger partial charge in [0.05, 0.1) is 5.69 Å². The maximum absolute atomic E-state index is 11.8. The van der Waals surface area contributed by atoms with Crippen LogP contribution in [0.2, 0.25) is 0 Å². The highest BCUT2D eigenvalue weighted by atomic mass is 16.1. The maximum atomic E-state index is 11.8. The van der Waals surface area contributed by atoms with Crippen molar-refractivity contribution in [1.82, 2.24) is 9.78 Å². The van der Waals surface area contributed by atoms with Gasteiger partial charge in [-0.25, -0.2) is 0 Å². The molecule has 0 aliphatic heterocycles. The molecule has 0 aliphatic rings. The maximum Gasteiger partial charge on any atom is 0.138 e. The molecule has 0 aromatic carbocycles. The Labute approximate surface area is 97.8 Å². The molecule has 0 unspecified atom stereocenters. The molecule has 3 nitrogen and oxygen atoms in total. The molecule has 0 bridgehead atoms. The third-order valence-corrected chi connectivity index (χ3v) is 3.10. The third kappa shape index (κ3) is 2.71. The van der Waals surface area contributed by atoms with E-state index in [1.54, 1.807) is 0 Å². The standard InChI is InChI=1S/C13H22N2O/c1-9-11(10(2)15(6)14-9)7-8-12(16)13(3,4)5/h7-8H2,1-6H3. The number of Topliss-reactive ketones (excluding diaryl/α,β-unsaturated/α-hetero) is 1. The van der Waals surface area contributed by atoms with Crippen LogP contribution >= 0.6 is 0 Å². The lowest BCUT2D eigenvalue weighted by molar-refractivity contribution is -0.126. The molecular formula is C13H22N2O. The lowest BCUT2D eigenvalue weighted by Gasteiger charge is -2.16. The molecule has 0 spiro atoms. The zero-order chi connectivity index (χ0) is 12.5. The Balaban J connectivity index is 2.72. The number of hydrogen-bond acceptors (Lipinski definition) is 2. The number of rotatable bonds is 3. The Morgan fingerprint density at radius 2 is 1.88 bits per heavy atom. The third-order valence-electron chi connectivity index (χ3n) is 3.10. The van der Waals surface area contributed by atoms with Crippen molar-refractivity contribution in [3.8, 4) is 0 Å². The van der Waals surface area contributed by atoms with Gasteiger partial charge in [0.15, 0.2) is 0 Å². The van der Waals surface area contributed by atoms with Crippen LogP contribution in [-0.4, -0.2) is 15.6 Å². The number of aromatic nitrogens is 2. The van der Waals surface area contributed by atoms with Crippen LogP contribution in [0.5, 0.6) is 0 Å². The van der Waals surface area contributed by atoms with E-state index in [1.807, 2.05) is 39.4 Å². The first-order chi connectivity index (χ1) is 7.23. The van der Waals surface area contributed by atoms with Crippen molar-refractivity contribution < 1.29 is 4.79 Å². The van der Waals surface area contributed by atoms with Gasteiger partial charge in [-0.2, -0.15) is 5.10 Å². The van der Waals surface area contributed by atoms with Crippen LogP contribution < -0.4 is 0 Å². The quantitative estimate of drug-likeness (QED) is 0.788. The van der Waals surface area contributed by atoms with Gasteiger partial charge < -0.3 is 0 Å². The van der Waals surface area contributed by atoms with E-state index >= 15 is 0 Å². The highest BCUT2D eigenvalue weighted by molar-refractivity contribution is 5.83. The Hall–Kier alpha value is -1.12. The minimum absolute atomic E-state index is 0.232. The van der Waals surface area contributed by atoms with E-state index in [0.717, 1.165) is 12.1 Å². The first kappa shape index (κ1) is 12.9. The normalized spacial score (nSPS) is 11.9. The van der Waals surface area contributed by atoms with Gasteiger partial charge in [0.25, 0.3) is 0 Å². The molecule has 0 saturated heterocycles. The van der Waals surface area contributed by atoms with Crippen LogP contribution in [-0.2, 0) is 18.3 Å². The number of hydrogen-bond donors (Lipinski definition) is 0. The predicted molar refractivity (Wildman–Crippen MR) is 65.5 cm³/mol. The Morgan fingerprint density at radius 3 is 2.25 bits per heavy atom. The molecule has 0 N–H and O–H groups in total. The fourth-order valence-corrected chi connectivity index (χ4v) is 1.79. The fourth-order valence-electron chi connectivity index (χ4n) is 1.79. The van der Waals surface area contributed by atoms with E-state index in [-0.39, 0.29) is 5.41 Å². The van der Waals surface area contributed by atoms with E-state index < -0.39 is 0 Å². The second-order valence-electron chi connectivity index (χ2n) is 5.45. The zero-order valence-corrected chi connectivity index (χ0v) is 11.2. The first-order valence-electron chi connectivity index (χ1n) is 5.76. The van der Waals surface area contributed by atoms with E-state index in [4.69, 9.17) is 0 Å². The van der Waals surface area contributed by atoms with E-state index in [1.165, 1.54) is 11.3 Å². The fraction of sp³-hybridized carbons (Fsp3) is 0.692. The van der Waals surface area contributed by atoms with Crippen molar-refractivity contribution in [3.05, 3.63) is 17.0 Å². The van der Waals surface area contributed by atoms with Crippen LogP contribution in [0.25, 0.3) is 0 Å². The molecule has 3 heteroatoms. The molecule has 1 rings (SSSR count). The molecular weight excluding hydrogens is 200 g/mol. The molecule has 0 atom stereocenters. The monoisotopic (exact) mass is 222 g/mol. The summed E-state index contributed by atoms with van der Waals surface area (Å²) in [6.07, 6.45) is 1.42. The van der Waals surface area contributed by atoms with E-state index in [9.17, 15) is 4.79 Å². The molecule has 1 heterocycles. The van der Waals surface area contributed by atoms with Gasteiger partial charge in [0.1, 0.15) is 5.78 Å². The summed E-state index contributed by atoms with van der Waals surface area (Å²) in [6.45, 7) is 9.97. The SMILES string of the molecule is Cc1nn(C)c(C)c1CCC(=O)C(C)(C)C. The van der Waals surface area contributed by atoms with E-state index in [0.29, 0.717) is 12.2 Å². The summed E-state index contributed by atoms with van der Waals surface area (Å²) in [5.41, 5.74) is 3.20. The van der Waals surface area contributed by atoms with Gasteiger partial charge in [-0.05, 0) is 25.8 Å². The molecule has 16 heavy (non-hydrogen) atoms. The van der Waals surface area contributed by atoms with Crippen molar-refractivity contribution in [2.24, 2.45) is 12.5 Å². The van der Waals surface area contributed by atoms with E-state index in [2.05, 4.69) is 12.0 Å². The van der Waals surface area contributed by atoms with Crippen molar-refractivity contribution in [3.63, 3.8) is 0 Å². The zero-order valence-electron chi connectivity index (χ0n) is 11.2. The van der Waals surface area contributed by atoms with Crippen LogP contribution in [0.15, 0.2) is 0 Å². The number of carbonyl (C=O) groups is 1. The number of carbonyl (C=O) groups excluding carboxylic acids is 1. The minimum atomic E-state index is -0.232. The van der Waals surface area contributed by atoms with Crippen LogP contribution in [0, 0.1) is 19.3 Å². The summed E-state index contributed by atoms with van der Waals surface area (Å²) in [6, 6.07) is 0. The lowest BCUT2D eigenvalue weighted by Crippen LogP contribution is -2.20. The highest BCUT2D eigenvalue weighted by Crippen LogP contribution is 2.20. The molecule has 1 aromatic rings. The predicted octanol–water partition coefficient (Wildman–Crippen LogP) is 2.58. The van der Waals surface area contributed by atoms with Crippen LogP contribution in [0.4, 0.5) is 0 Å². The second kappa shape index (κ2) is 4.40. The average molecular weight is 222 g/mol. The van der Waals surface area contributed by atoms with Crippen molar-refractivity contribution in [2.75, 3.05) is 0 Å². The summed E-state index contributed by atoms with van der Waals surface area (Å²) >= 11 is 0. The molecule has 0 radical (unpaired) electrons. The Morgan fingerprint density at radius 1 is 1.31 bits per heavy atom. The summed E-state index contributed by atoms with van der Waals surface area (Å²) < 4.78 is 1.88. The van der Waals surface area contributed by atoms with Gasteiger partial charge in [0, 0.05) is 24.6 Å². The molecule has 0 saturated carbocycles. The second-order valence-corrected chi connectivity index (χ2v) is 5.45. The Kier molecular flexibility index (Phi) is 3.56. The summed E-state index contributed by atoms with van der Waals surface area (Å²) in [5, 5.41) is 4.36. The highest BCUT2D eigenvalue weighted by Gasteiger charge is 2.21. The summed E-state index contributed by atoms with van der Waals surface area (Å²) in [4.78, 5) is 11.8. The van der Waals surface area contributed by atoms with Gasteiger partial charge in [-0.15, -0.1) is 0 Å². The van der Waals surface area contributed by atoms with Gasteiger partial charge in [-0.1, -0.05) is 20.8 Å². The van der Waals surface area contributed by atoms with Gasteiger partial charge >= 0.3 is 0 Å². The summed E-state index contributed by atoms with van der Waals surface area (Å²) in [5.74, 6) is 0.315. The average Bonchev–Trinajstić information content (AvgIpc) is 2.37. The van der Waals surface area contributed by atoms with Crippen LogP contribution in [0.1, 0.15) is 44.1 Å². The van der Waals surface area contributed by atoms with Gasteiger partial charge in [0.2, 0.25) is 0 Å². The molecule has 0 amide bonds. The van der Waals surface area contributed by atoms with Crippen molar-refractivity contribution in [2.45, 2.75) is 47.5 Å². The van der Waals surface area contributed by atoms with Crippen molar-refractivity contribution >= 4 is 5.78 Å². The summed E-state index contributed by atoms with van der Waals surface area (Å²) in [7, 11) is 1.94. The molecule has 90 valence electrons. The molecule has 0 fully saturated rings. The minimum Gasteiger partial charge on any atom is -0.299 e. The smallest absolute Gasteiger partial charge is 0.138 e. The molecule has 1 aromatic heterocycles.